The number of benzene rings is 2. The summed E-state index contributed by atoms with van der Waals surface area (Å²) in [5.74, 6) is -0.394. The standard InChI is InChI=1S/C27H29BrN2O3/c1-16-13-18(10-11-21(16)28)29-24(31)15-33-26(32)25-19-7-5-6-8-22(19)30-23-12-9-17(14-20(23)25)27(2,3)4/h5-8,10-11,13,17H,9,12,14-15H2,1-4H3,(H,29,31)/t17-/m0/s1. The number of amides is 1. The normalized spacial score (nSPS) is 15.7. The number of nitrogens with one attached hydrogen (secondary N) is 1. The van der Waals surface area contributed by atoms with E-state index in [2.05, 4.69) is 42.0 Å². The third-order valence-electron chi connectivity index (χ3n) is 6.46. The summed E-state index contributed by atoms with van der Waals surface area (Å²) in [6.45, 7) is 8.32. The Morgan fingerprint density at radius 1 is 1.18 bits per heavy atom. The fourth-order valence-corrected chi connectivity index (χ4v) is 4.73. The van der Waals surface area contributed by atoms with Crippen LogP contribution in [0, 0.1) is 18.3 Å². The third kappa shape index (κ3) is 5.11. The lowest BCUT2D eigenvalue weighted by Gasteiger charge is -2.35. The highest BCUT2D eigenvalue weighted by Gasteiger charge is 2.33. The SMILES string of the molecule is Cc1cc(NC(=O)COC(=O)c2c3c(nc4ccccc24)CC[C@H](C(C)(C)C)C3)ccc1Br. The number of esters is 1. The van der Waals surface area contributed by atoms with Gasteiger partial charge in [-0.2, -0.15) is 0 Å². The fraction of sp³-hybridized carbons (Fsp3) is 0.370. The molecule has 0 saturated carbocycles. The van der Waals surface area contributed by atoms with Crippen molar-refractivity contribution in [2.24, 2.45) is 11.3 Å². The largest absolute Gasteiger partial charge is 0.452 e. The summed E-state index contributed by atoms with van der Waals surface area (Å²) in [6, 6.07) is 13.2. The van der Waals surface area contributed by atoms with Gasteiger partial charge in [0.25, 0.3) is 5.91 Å². The summed E-state index contributed by atoms with van der Waals surface area (Å²) >= 11 is 3.45. The molecule has 5 nitrogen and oxygen atoms in total. The average molecular weight is 509 g/mol. The van der Waals surface area contributed by atoms with Crippen LogP contribution in [0.2, 0.25) is 0 Å². The van der Waals surface area contributed by atoms with Crippen molar-refractivity contribution in [1.29, 1.82) is 0 Å². The minimum absolute atomic E-state index is 0.132. The van der Waals surface area contributed by atoms with Gasteiger partial charge < -0.3 is 10.1 Å². The number of aromatic nitrogens is 1. The van der Waals surface area contributed by atoms with E-state index in [1.54, 1.807) is 6.07 Å². The molecule has 0 fully saturated rings. The Kier molecular flexibility index (Phi) is 6.57. The Morgan fingerprint density at radius 2 is 1.94 bits per heavy atom. The van der Waals surface area contributed by atoms with Crippen LogP contribution in [0.1, 0.15) is 54.4 Å². The molecular formula is C27H29BrN2O3. The maximum atomic E-state index is 13.3. The molecule has 6 heteroatoms. The minimum Gasteiger partial charge on any atom is -0.452 e. The first-order valence-electron chi connectivity index (χ1n) is 11.3. The highest BCUT2D eigenvalue weighted by molar-refractivity contribution is 9.10. The van der Waals surface area contributed by atoms with Gasteiger partial charge in [-0.05, 0) is 72.9 Å². The molecule has 1 aromatic heterocycles. The van der Waals surface area contributed by atoms with Crippen molar-refractivity contribution in [2.75, 3.05) is 11.9 Å². The predicted octanol–water partition coefficient (Wildman–Crippen LogP) is 6.25. The smallest absolute Gasteiger partial charge is 0.339 e. The van der Waals surface area contributed by atoms with Crippen LogP contribution in [0.5, 0.6) is 0 Å². The molecule has 0 saturated heterocycles. The second-order valence-electron chi connectivity index (χ2n) is 9.82. The van der Waals surface area contributed by atoms with Crippen molar-refractivity contribution >= 4 is 44.4 Å². The van der Waals surface area contributed by atoms with Crippen LogP contribution in [0.15, 0.2) is 46.9 Å². The number of anilines is 1. The molecular weight excluding hydrogens is 480 g/mol. The van der Waals surface area contributed by atoms with Crippen molar-refractivity contribution in [3.63, 3.8) is 0 Å². The Labute approximate surface area is 203 Å². The molecule has 4 rings (SSSR count). The van der Waals surface area contributed by atoms with Crippen molar-refractivity contribution in [1.82, 2.24) is 4.98 Å². The van der Waals surface area contributed by atoms with Crippen LogP contribution in [-0.4, -0.2) is 23.5 Å². The maximum absolute atomic E-state index is 13.3. The van der Waals surface area contributed by atoms with Gasteiger partial charge in [-0.3, -0.25) is 9.78 Å². The molecule has 1 amide bonds. The summed E-state index contributed by atoms with van der Waals surface area (Å²) < 4.78 is 6.49. The molecule has 2 aromatic carbocycles. The number of hydrogen-bond acceptors (Lipinski definition) is 4. The Morgan fingerprint density at radius 3 is 2.67 bits per heavy atom. The number of aryl methyl sites for hydroxylation is 2. The molecule has 0 bridgehead atoms. The van der Waals surface area contributed by atoms with Crippen LogP contribution in [0.4, 0.5) is 5.69 Å². The lowest BCUT2D eigenvalue weighted by Crippen LogP contribution is -2.29. The van der Waals surface area contributed by atoms with E-state index in [1.807, 2.05) is 43.3 Å². The summed E-state index contributed by atoms with van der Waals surface area (Å²) in [7, 11) is 0. The second kappa shape index (κ2) is 9.26. The lowest BCUT2D eigenvalue weighted by atomic mass is 9.70. The van der Waals surface area contributed by atoms with E-state index < -0.39 is 5.97 Å². The molecule has 3 aromatic rings. The number of carbonyl (C=O) groups is 2. The van der Waals surface area contributed by atoms with Crippen LogP contribution in [-0.2, 0) is 22.4 Å². The van der Waals surface area contributed by atoms with E-state index in [0.717, 1.165) is 51.5 Å². The molecule has 1 N–H and O–H groups in total. The molecule has 0 aliphatic heterocycles. The van der Waals surface area contributed by atoms with Crippen molar-refractivity contribution in [3.8, 4) is 0 Å². The second-order valence-corrected chi connectivity index (χ2v) is 10.7. The first-order valence-corrected chi connectivity index (χ1v) is 12.1. The van der Waals surface area contributed by atoms with Gasteiger partial charge in [0.1, 0.15) is 0 Å². The zero-order valence-electron chi connectivity index (χ0n) is 19.5. The van der Waals surface area contributed by atoms with Crippen molar-refractivity contribution < 1.29 is 14.3 Å². The Balaban J connectivity index is 1.58. The molecule has 0 radical (unpaired) electrons. The number of halogens is 1. The van der Waals surface area contributed by atoms with Gasteiger partial charge in [0, 0.05) is 21.2 Å². The zero-order chi connectivity index (χ0) is 23.8. The minimum atomic E-state index is -0.471. The molecule has 33 heavy (non-hydrogen) atoms. The van der Waals surface area contributed by atoms with Gasteiger partial charge in [-0.15, -0.1) is 0 Å². The average Bonchev–Trinajstić information content (AvgIpc) is 2.77. The maximum Gasteiger partial charge on any atom is 0.339 e. The van der Waals surface area contributed by atoms with E-state index in [0.29, 0.717) is 17.2 Å². The van der Waals surface area contributed by atoms with E-state index in [-0.39, 0.29) is 17.9 Å². The summed E-state index contributed by atoms with van der Waals surface area (Å²) in [4.78, 5) is 30.6. The first kappa shape index (κ1) is 23.4. The molecule has 0 unspecified atom stereocenters. The van der Waals surface area contributed by atoms with Gasteiger partial charge in [0.15, 0.2) is 6.61 Å². The number of carbonyl (C=O) groups excluding carboxylic acids is 2. The third-order valence-corrected chi connectivity index (χ3v) is 7.35. The number of para-hydroxylation sites is 1. The van der Waals surface area contributed by atoms with Crippen LogP contribution in [0.25, 0.3) is 10.9 Å². The topological polar surface area (TPSA) is 68.3 Å². The molecule has 1 atom stereocenters. The molecule has 1 aliphatic carbocycles. The highest BCUT2D eigenvalue weighted by Crippen LogP contribution is 2.39. The van der Waals surface area contributed by atoms with Gasteiger partial charge >= 0.3 is 5.97 Å². The van der Waals surface area contributed by atoms with E-state index in [4.69, 9.17) is 9.72 Å². The predicted molar refractivity (Wildman–Crippen MR) is 135 cm³/mol. The zero-order valence-corrected chi connectivity index (χ0v) is 21.1. The van der Waals surface area contributed by atoms with E-state index in [1.165, 1.54) is 0 Å². The van der Waals surface area contributed by atoms with Gasteiger partial charge in [-0.25, -0.2) is 4.79 Å². The quantitative estimate of drug-likeness (QED) is 0.422. The Bertz CT molecular complexity index is 1230. The van der Waals surface area contributed by atoms with Crippen LogP contribution < -0.4 is 5.32 Å². The molecule has 0 spiro atoms. The van der Waals surface area contributed by atoms with Crippen LogP contribution >= 0.6 is 15.9 Å². The van der Waals surface area contributed by atoms with Gasteiger partial charge in [0.2, 0.25) is 0 Å². The summed E-state index contributed by atoms with van der Waals surface area (Å²) in [5.41, 5.74) is 5.08. The number of fused-ring (bicyclic) bond motifs is 2. The summed E-state index contributed by atoms with van der Waals surface area (Å²) in [6.07, 6.45) is 2.67. The first-order chi connectivity index (χ1) is 15.6. The molecule has 1 heterocycles. The Hall–Kier alpha value is -2.73. The van der Waals surface area contributed by atoms with Crippen molar-refractivity contribution in [3.05, 3.63) is 69.3 Å². The lowest BCUT2D eigenvalue weighted by molar-refractivity contribution is -0.119. The molecule has 172 valence electrons. The monoisotopic (exact) mass is 508 g/mol. The fourth-order valence-electron chi connectivity index (χ4n) is 4.48. The van der Waals surface area contributed by atoms with Gasteiger partial charge in [-0.1, -0.05) is 54.9 Å². The number of pyridine rings is 1. The number of hydrogen-bond donors (Lipinski definition) is 1. The highest BCUT2D eigenvalue weighted by atomic mass is 79.9. The molecule has 1 aliphatic rings. The number of nitrogens with zero attached hydrogens (tertiary/aromatic N) is 1. The van der Waals surface area contributed by atoms with Crippen LogP contribution in [0.3, 0.4) is 0 Å². The van der Waals surface area contributed by atoms with Crippen molar-refractivity contribution in [2.45, 2.75) is 47.0 Å². The number of rotatable bonds is 4. The van der Waals surface area contributed by atoms with E-state index in [9.17, 15) is 9.59 Å². The van der Waals surface area contributed by atoms with E-state index >= 15 is 0 Å². The van der Waals surface area contributed by atoms with Gasteiger partial charge in [0.05, 0.1) is 11.1 Å². The summed E-state index contributed by atoms with van der Waals surface area (Å²) in [5, 5.41) is 3.57. The number of ether oxygens (including phenoxy) is 1.